The molecule has 0 radical (unpaired) electrons. The first kappa shape index (κ1) is 14.4. The smallest absolute Gasteiger partial charge is 0.236 e. The molecule has 0 unspecified atom stereocenters. The summed E-state index contributed by atoms with van der Waals surface area (Å²) in [5.74, 6) is -0.356. The maximum atomic E-state index is 13.5. The monoisotopic (exact) mass is 254 g/mol. The molecule has 0 fully saturated rings. The quantitative estimate of drug-likeness (QED) is 0.837. The van der Waals surface area contributed by atoms with Gasteiger partial charge in [-0.2, -0.15) is 0 Å². The molecule has 0 bridgehead atoms. The molecular formula is C13H19FN2O2. The number of nitrogens with zero attached hydrogens (tertiary/aromatic N) is 1. The summed E-state index contributed by atoms with van der Waals surface area (Å²) < 4.78 is 18.4. The summed E-state index contributed by atoms with van der Waals surface area (Å²) in [6.07, 6.45) is 0.838. The predicted octanol–water partition coefficient (Wildman–Crippen LogP) is 1.53. The maximum absolute atomic E-state index is 13.5. The van der Waals surface area contributed by atoms with Crippen molar-refractivity contribution in [2.45, 2.75) is 19.9 Å². The highest BCUT2D eigenvalue weighted by Crippen LogP contribution is 2.18. The van der Waals surface area contributed by atoms with E-state index in [-0.39, 0.29) is 18.2 Å². The summed E-state index contributed by atoms with van der Waals surface area (Å²) in [4.78, 5) is 13.2. The first-order chi connectivity index (χ1) is 8.62. The van der Waals surface area contributed by atoms with Crippen LogP contribution in [0.2, 0.25) is 0 Å². The lowest BCUT2D eigenvalue weighted by molar-refractivity contribution is -0.130. The molecule has 0 aliphatic carbocycles. The second-order valence-corrected chi connectivity index (χ2v) is 3.99. The third-order valence-corrected chi connectivity index (χ3v) is 2.61. The molecule has 1 aromatic rings. The average Bonchev–Trinajstić information content (AvgIpc) is 2.37. The molecule has 100 valence electrons. The first-order valence-corrected chi connectivity index (χ1v) is 5.92. The molecule has 0 saturated heterocycles. The number of nitrogens with two attached hydrogens (primary N) is 1. The fourth-order valence-electron chi connectivity index (χ4n) is 1.72. The van der Waals surface area contributed by atoms with Crippen molar-refractivity contribution in [2.24, 2.45) is 5.73 Å². The van der Waals surface area contributed by atoms with Crippen molar-refractivity contribution in [1.29, 1.82) is 0 Å². The third-order valence-electron chi connectivity index (χ3n) is 2.61. The van der Waals surface area contributed by atoms with E-state index >= 15 is 0 Å². The van der Waals surface area contributed by atoms with Crippen molar-refractivity contribution < 1.29 is 13.9 Å². The van der Waals surface area contributed by atoms with Gasteiger partial charge in [0.25, 0.3) is 0 Å². The van der Waals surface area contributed by atoms with Gasteiger partial charge in [-0.05, 0) is 24.1 Å². The van der Waals surface area contributed by atoms with E-state index in [9.17, 15) is 9.18 Å². The number of methoxy groups -OCH3 is 1. The number of rotatable bonds is 6. The Labute approximate surface area is 107 Å². The van der Waals surface area contributed by atoms with Crippen LogP contribution in [0.4, 0.5) is 4.39 Å². The van der Waals surface area contributed by atoms with E-state index in [2.05, 4.69) is 0 Å². The van der Waals surface area contributed by atoms with Gasteiger partial charge in [-0.15, -0.1) is 0 Å². The predicted molar refractivity (Wildman–Crippen MR) is 67.7 cm³/mol. The fourth-order valence-corrected chi connectivity index (χ4v) is 1.72. The normalized spacial score (nSPS) is 10.2. The largest absolute Gasteiger partial charge is 0.494 e. The number of hydrogen-bond acceptors (Lipinski definition) is 3. The number of benzene rings is 1. The number of carbonyl (C=O) groups excluding carboxylic acids is 1. The van der Waals surface area contributed by atoms with Crippen LogP contribution in [-0.2, 0) is 11.3 Å². The Bertz CT molecular complexity index is 410. The van der Waals surface area contributed by atoms with Crippen molar-refractivity contribution in [3.05, 3.63) is 29.6 Å². The molecule has 0 saturated carbocycles. The highest BCUT2D eigenvalue weighted by Gasteiger charge is 2.12. The lowest BCUT2D eigenvalue weighted by atomic mass is 10.2. The summed E-state index contributed by atoms with van der Waals surface area (Å²) in [6.45, 7) is 2.93. The van der Waals surface area contributed by atoms with E-state index in [0.29, 0.717) is 13.1 Å². The third kappa shape index (κ3) is 3.70. The molecule has 0 aliphatic rings. The Kier molecular flexibility index (Phi) is 5.58. The number of halogens is 1. The van der Waals surface area contributed by atoms with Crippen LogP contribution in [0.25, 0.3) is 0 Å². The molecule has 1 amide bonds. The van der Waals surface area contributed by atoms with Crippen LogP contribution >= 0.6 is 0 Å². The molecule has 0 heterocycles. The molecule has 1 rings (SSSR count). The second kappa shape index (κ2) is 6.96. The van der Waals surface area contributed by atoms with Crippen LogP contribution in [0, 0.1) is 5.82 Å². The van der Waals surface area contributed by atoms with Crippen LogP contribution in [-0.4, -0.2) is 31.0 Å². The molecule has 0 aromatic heterocycles. The van der Waals surface area contributed by atoms with Gasteiger partial charge in [-0.25, -0.2) is 4.39 Å². The highest BCUT2D eigenvalue weighted by molar-refractivity contribution is 5.78. The Morgan fingerprint density at radius 3 is 2.72 bits per heavy atom. The lowest BCUT2D eigenvalue weighted by Crippen LogP contribution is -2.36. The minimum absolute atomic E-state index is 0.0291. The van der Waals surface area contributed by atoms with Gasteiger partial charge < -0.3 is 15.4 Å². The van der Waals surface area contributed by atoms with Gasteiger partial charge in [0.2, 0.25) is 5.91 Å². The van der Waals surface area contributed by atoms with Crippen LogP contribution < -0.4 is 10.5 Å². The number of ether oxygens (including phenoxy) is 1. The zero-order valence-corrected chi connectivity index (χ0v) is 10.8. The molecule has 0 aliphatic heterocycles. The van der Waals surface area contributed by atoms with Gasteiger partial charge >= 0.3 is 0 Å². The Hall–Kier alpha value is -1.62. The summed E-state index contributed by atoms with van der Waals surface area (Å²) >= 11 is 0. The van der Waals surface area contributed by atoms with Crippen LogP contribution in [0.1, 0.15) is 18.9 Å². The van der Waals surface area contributed by atoms with Gasteiger partial charge in [-0.3, -0.25) is 4.79 Å². The first-order valence-electron chi connectivity index (χ1n) is 5.92. The molecular weight excluding hydrogens is 235 g/mol. The van der Waals surface area contributed by atoms with Crippen LogP contribution in [0.5, 0.6) is 5.75 Å². The van der Waals surface area contributed by atoms with Crippen molar-refractivity contribution in [3.8, 4) is 5.75 Å². The zero-order valence-electron chi connectivity index (χ0n) is 10.8. The average molecular weight is 254 g/mol. The fraction of sp³-hybridized carbons (Fsp3) is 0.462. The van der Waals surface area contributed by atoms with Crippen molar-refractivity contribution in [1.82, 2.24) is 4.90 Å². The van der Waals surface area contributed by atoms with Crippen LogP contribution in [0.3, 0.4) is 0 Å². The zero-order chi connectivity index (χ0) is 13.5. The van der Waals surface area contributed by atoms with E-state index in [1.54, 1.807) is 17.0 Å². The maximum Gasteiger partial charge on any atom is 0.236 e. The molecule has 1 aromatic carbocycles. The SMILES string of the molecule is CCCN(Cc1ccc(OC)c(F)c1)C(=O)CN. The Morgan fingerprint density at radius 2 is 2.22 bits per heavy atom. The highest BCUT2D eigenvalue weighted by atomic mass is 19.1. The summed E-state index contributed by atoms with van der Waals surface area (Å²) in [7, 11) is 1.42. The van der Waals surface area contributed by atoms with E-state index in [0.717, 1.165) is 12.0 Å². The minimum atomic E-state index is -0.424. The van der Waals surface area contributed by atoms with Crippen molar-refractivity contribution in [3.63, 3.8) is 0 Å². The Morgan fingerprint density at radius 1 is 1.50 bits per heavy atom. The van der Waals surface area contributed by atoms with Gasteiger partial charge in [0.15, 0.2) is 11.6 Å². The second-order valence-electron chi connectivity index (χ2n) is 3.99. The number of carbonyl (C=O) groups is 1. The molecule has 5 heteroatoms. The van der Waals surface area contributed by atoms with Gasteiger partial charge in [0.1, 0.15) is 0 Å². The summed E-state index contributed by atoms with van der Waals surface area (Å²) in [5, 5.41) is 0. The Balaban J connectivity index is 2.80. The van der Waals surface area contributed by atoms with Crippen LogP contribution in [0.15, 0.2) is 18.2 Å². The van der Waals surface area contributed by atoms with Gasteiger partial charge in [0, 0.05) is 13.1 Å². The van der Waals surface area contributed by atoms with Gasteiger partial charge in [0.05, 0.1) is 13.7 Å². The van der Waals surface area contributed by atoms with Crippen molar-refractivity contribution in [2.75, 3.05) is 20.2 Å². The van der Waals surface area contributed by atoms with E-state index < -0.39 is 5.82 Å². The minimum Gasteiger partial charge on any atom is -0.494 e. The summed E-state index contributed by atoms with van der Waals surface area (Å²) in [6, 6.07) is 4.68. The van der Waals surface area contributed by atoms with Gasteiger partial charge in [-0.1, -0.05) is 13.0 Å². The summed E-state index contributed by atoms with van der Waals surface area (Å²) in [5.41, 5.74) is 6.07. The molecule has 0 spiro atoms. The van der Waals surface area contributed by atoms with Crippen molar-refractivity contribution >= 4 is 5.91 Å². The molecule has 4 nitrogen and oxygen atoms in total. The number of amides is 1. The standard InChI is InChI=1S/C13H19FN2O2/c1-3-6-16(13(17)8-15)9-10-4-5-12(18-2)11(14)7-10/h4-5,7H,3,6,8-9,15H2,1-2H3. The number of hydrogen-bond donors (Lipinski definition) is 1. The molecule has 2 N–H and O–H groups in total. The van der Waals surface area contributed by atoms with E-state index in [1.165, 1.54) is 13.2 Å². The topological polar surface area (TPSA) is 55.6 Å². The lowest BCUT2D eigenvalue weighted by Gasteiger charge is -2.21. The molecule has 0 atom stereocenters. The molecule has 18 heavy (non-hydrogen) atoms. The van der Waals surface area contributed by atoms with E-state index in [4.69, 9.17) is 10.5 Å². The van der Waals surface area contributed by atoms with E-state index in [1.807, 2.05) is 6.92 Å².